The number of sulfonamides is 1. The molecule has 2 aliphatic rings. The number of hydrogen-bond acceptors (Lipinski definition) is 4. The maximum absolute atomic E-state index is 13.2. The van der Waals surface area contributed by atoms with E-state index < -0.39 is 10.0 Å². The summed E-state index contributed by atoms with van der Waals surface area (Å²) >= 11 is 0. The lowest BCUT2D eigenvalue weighted by atomic mass is 10.0. The molecule has 3 rings (SSSR count). The molecule has 0 aromatic heterocycles. The van der Waals surface area contributed by atoms with E-state index in [1.807, 2.05) is 32.9 Å². The summed E-state index contributed by atoms with van der Waals surface area (Å²) in [6.45, 7) is 11.5. The zero-order chi connectivity index (χ0) is 18.2. The van der Waals surface area contributed by atoms with Crippen molar-refractivity contribution in [2.45, 2.75) is 44.6 Å². The summed E-state index contributed by atoms with van der Waals surface area (Å²) in [6.07, 6.45) is 1.87. The normalized spacial score (nSPS) is 22.4. The lowest BCUT2D eigenvalue weighted by molar-refractivity contribution is 0.0836. The molecule has 2 saturated heterocycles. The molecule has 0 saturated carbocycles. The number of nitrogens with zero attached hydrogens (tertiary/aromatic N) is 3. The van der Waals surface area contributed by atoms with E-state index in [1.54, 1.807) is 4.31 Å². The molecule has 0 aliphatic carbocycles. The Morgan fingerprint density at radius 1 is 0.880 bits per heavy atom. The van der Waals surface area contributed by atoms with Crippen LogP contribution < -0.4 is 0 Å². The van der Waals surface area contributed by atoms with E-state index in [1.165, 1.54) is 0 Å². The summed E-state index contributed by atoms with van der Waals surface area (Å²) in [5, 5.41) is 0. The van der Waals surface area contributed by atoms with Crippen LogP contribution in [-0.2, 0) is 10.0 Å². The third-order valence-corrected chi connectivity index (χ3v) is 7.89. The molecule has 2 fully saturated rings. The first kappa shape index (κ1) is 18.8. The van der Waals surface area contributed by atoms with Gasteiger partial charge in [-0.1, -0.05) is 17.7 Å². The Kier molecular flexibility index (Phi) is 5.54. The van der Waals surface area contributed by atoms with Gasteiger partial charge in [0.1, 0.15) is 0 Å². The number of likely N-dealkylation sites (N-methyl/N-ethyl adjacent to an activating group) is 1. The zero-order valence-electron chi connectivity index (χ0n) is 16.0. The van der Waals surface area contributed by atoms with Crippen molar-refractivity contribution in [3.8, 4) is 0 Å². The summed E-state index contributed by atoms with van der Waals surface area (Å²) in [6, 6.07) is 4.47. The number of piperazine rings is 1. The highest BCUT2D eigenvalue weighted by Gasteiger charge is 2.33. The van der Waals surface area contributed by atoms with Crippen LogP contribution in [0, 0.1) is 20.8 Å². The standard InChI is InChI=1S/C19H31N3O2S/c1-15-13-16(2)19(17(3)14-15)25(23,24)22-7-5-18(6-8-22)21-11-9-20(4)10-12-21/h13-14,18H,5-12H2,1-4H3. The highest BCUT2D eigenvalue weighted by Crippen LogP contribution is 2.28. The molecule has 0 spiro atoms. The highest BCUT2D eigenvalue weighted by atomic mass is 32.2. The topological polar surface area (TPSA) is 43.9 Å². The summed E-state index contributed by atoms with van der Waals surface area (Å²) in [4.78, 5) is 5.42. The second-order valence-corrected chi connectivity index (χ2v) is 9.58. The molecule has 0 unspecified atom stereocenters. The van der Waals surface area contributed by atoms with Crippen LogP contribution >= 0.6 is 0 Å². The minimum atomic E-state index is -3.40. The van der Waals surface area contributed by atoms with Gasteiger partial charge >= 0.3 is 0 Å². The second-order valence-electron chi connectivity index (χ2n) is 7.70. The SMILES string of the molecule is Cc1cc(C)c(S(=O)(=O)N2CCC(N3CCN(C)CC3)CC2)c(C)c1. The number of benzene rings is 1. The predicted octanol–water partition coefficient (Wildman–Crippen LogP) is 2.01. The Balaban J connectivity index is 1.70. The van der Waals surface area contributed by atoms with Gasteiger partial charge in [0.25, 0.3) is 0 Å². The van der Waals surface area contributed by atoms with Gasteiger partial charge < -0.3 is 4.90 Å². The van der Waals surface area contributed by atoms with E-state index in [9.17, 15) is 8.42 Å². The third-order valence-electron chi connectivity index (χ3n) is 5.68. The number of piperidine rings is 1. The van der Waals surface area contributed by atoms with Crippen molar-refractivity contribution < 1.29 is 8.42 Å². The van der Waals surface area contributed by atoms with Crippen LogP contribution in [0.3, 0.4) is 0 Å². The molecule has 6 heteroatoms. The van der Waals surface area contributed by atoms with Crippen LogP contribution in [0.15, 0.2) is 17.0 Å². The Morgan fingerprint density at radius 3 is 1.92 bits per heavy atom. The maximum Gasteiger partial charge on any atom is 0.243 e. The third kappa shape index (κ3) is 3.92. The summed E-state index contributed by atoms with van der Waals surface area (Å²) in [5.41, 5.74) is 2.83. The van der Waals surface area contributed by atoms with Crippen LogP contribution in [0.2, 0.25) is 0 Å². The molecule has 0 bridgehead atoms. The lowest BCUT2D eigenvalue weighted by Crippen LogP contribution is -2.53. The molecule has 5 nitrogen and oxygen atoms in total. The molecule has 0 N–H and O–H groups in total. The van der Waals surface area contributed by atoms with E-state index in [0.29, 0.717) is 24.0 Å². The summed E-state index contributed by atoms with van der Waals surface area (Å²) in [5.74, 6) is 0. The fraction of sp³-hybridized carbons (Fsp3) is 0.684. The van der Waals surface area contributed by atoms with Crippen molar-refractivity contribution in [2.24, 2.45) is 0 Å². The van der Waals surface area contributed by atoms with E-state index in [0.717, 1.165) is 55.7 Å². The van der Waals surface area contributed by atoms with Gasteiger partial charge in [0.15, 0.2) is 0 Å². The molecule has 0 amide bonds. The molecule has 140 valence electrons. The van der Waals surface area contributed by atoms with Gasteiger partial charge in [-0.15, -0.1) is 0 Å². The summed E-state index contributed by atoms with van der Waals surface area (Å²) in [7, 11) is -1.23. The first-order valence-electron chi connectivity index (χ1n) is 9.29. The van der Waals surface area contributed by atoms with E-state index in [2.05, 4.69) is 16.8 Å². The molecular weight excluding hydrogens is 334 g/mol. The molecule has 25 heavy (non-hydrogen) atoms. The summed E-state index contributed by atoms with van der Waals surface area (Å²) < 4.78 is 28.0. The predicted molar refractivity (Wildman–Crippen MR) is 102 cm³/mol. The number of rotatable bonds is 3. The first-order chi connectivity index (χ1) is 11.8. The lowest BCUT2D eigenvalue weighted by Gasteiger charge is -2.41. The van der Waals surface area contributed by atoms with Crippen LogP contribution in [0.4, 0.5) is 0 Å². The van der Waals surface area contributed by atoms with E-state index in [4.69, 9.17) is 0 Å². The fourth-order valence-corrected chi connectivity index (χ4v) is 6.22. The van der Waals surface area contributed by atoms with E-state index >= 15 is 0 Å². The Hall–Kier alpha value is -0.950. The van der Waals surface area contributed by atoms with Crippen molar-refractivity contribution in [1.82, 2.24) is 14.1 Å². The van der Waals surface area contributed by atoms with Crippen molar-refractivity contribution in [1.29, 1.82) is 0 Å². The van der Waals surface area contributed by atoms with Crippen LogP contribution in [0.5, 0.6) is 0 Å². The Morgan fingerprint density at radius 2 is 1.40 bits per heavy atom. The van der Waals surface area contributed by atoms with Gasteiger partial charge in [-0.2, -0.15) is 4.31 Å². The van der Waals surface area contributed by atoms with Crippen LogP contribution in [0.25, 0.3) is 0 Å². The van der Waals surface area contributed by atoms with Gasteiger partial charge in [-0.05, 0) is 51.8 Å². The molecule has 1 aromatic rings. The van der Waals surface area contributed by atoms with Crippen molar-refractivity contribution >= 4 is 10.0 Å². The second kappa shape index (κ2) is 7.35. The molecular formula is C19H31N3O2S. The maximum atomic E-state index is 13.2. The van der Waals surface area contributed by atoms with Gasteiger partial charge in [0.05, 0.1) is 4.90 Å². The van der Waals surface area contributed by atoms with Gasteiger partial charge in [-0.25, -0.2) is 8.42 Å². The average molecular weight is 366 g/mol. The Bertz CT molecular complexity index is 693. The van der Waals surface area contributed by atoms with Gasteiger partial charge in [0, 0.05) is 45.3 Å². The largest absolute Gasteiger partial charge is 0.304 e. The van der Waals surface area contributed by atoms with Crippen LogP contribution in [-0.4, -0.2) is 74.9 Å². The minimum absolute atomic E-state index is 0.510. The van der Waals surface area contributed by atoms with Crippen molar-refractivity contribution in [2.75, 3.05) is 46.3 Å². The molecule has 1 aromatic carbocycles. The molecule has 2 heterocycles. The number of hydrogen-bond donors (Lipinski definition) is 0. The smallest absolute Gasteiger partial charge is 0.243 e. The Labute approximate surface area is 152 Å². The first-order valence-corrected chi connectivity index (χ1v) is 10.7. The fourth-order valence-electron chi connectivity index (χ4n) is 4.34. The van der Waals surface area contributed by atoms with Crippen molar-refractivity contribution in [3.05, 3.63) is 28.8 Å². The monoisotopic (exact) mass is 365 g/mol. The quantitative estimate of drug-likeness (QED) is 0.822. The average Bonchev–Trinajstić information content (AvgIpc) is 2.54. The molecule has 2 aliphatic heterocycles. The van der Waals surface area contributed by atoms with E-state index in [-0.39, 0.29) is 0 Å². The molecule has 0 atom stereocenters. The number of aryl methyl sites for hydroxylation is 3. The van der Waals surface area contributed by atoms with Gasteiger partial charge in [0.2, 0.25) is 10.0 Å². The van der Waals surface area contributed by atoms with Crippen LogP contribution in [0.1, 0.15) is 29.5 Å². The van der Waals surface area contributed by atoms with Crippen molar-refractivity contribution in [3.63, 3.8) is 0 Å². The minimum Gasteiger partial charge on any atom is -0.304 e. The highest BCUT2D eigenvalue weighted by molar-refractivity contribution is 7.89. The molecule has 0 radical (unpaired) electrons. The zero-order valence-corrected chi connectivity index (χ0v) is 16.8. The van der Waals surface area contributed by atoms with Gasteiger partial charge in [-0.3, -0.25) is 4.90 Å².